The van der Waals surface area contributed by atoms with Gasteiger partial charge < -0.3 is 14.2 Å². The molecule has 0 bridgehead atoms. The number of hydrogen-bond donors (Lipinski definition) is 1. The first-order valence-corrected chi connectivity index (χ1v) is 8.17. The lowest BCUT2D eigenvalue weighted by atomic mass is 9.93. The molecule has 1 N–H and O–H groups in total. The van der Waals surface area contributed by atoms with E-state index < -0.39 is 5.54 Å². The molecule has 1 atom stereocenters. The molecule has 0 amide bonds. The summed E-state index contributed by atoms with van der Waals surface area (Å²) in [5.41, 5.74) is -0.699. The molecular formula is C16H31NO4. The number of carbonyl (C=O) groups excluding carboxylic acids is 1. The van der Waals surface area contributed by atoms with Gasteiger partial charge in [0, 0.05) is 12.6 Å². The van der Waals surface area contributed by atoms with Crippen LogP contribution in [-0.4, -0.2) is 50.6 Å². The van der Waals surface area contributed by atoms with Gasteiger partial charge in [-0.25, -0.2) is 4.79 Å². The van der Waals surface area contributed by atoms with E-state index >= 15 is 0 Å². The lowest BCUT2D eigenvalue weighted by Crippen LogP contribution is -2.60. The van der Waals surface area contributed by atoms with Crippen LogP contribution in [0, 0.1) is 5.92 Å². The Bertz CT molecular complexity index is 305. The van der Waals surface area contributed by atoms with E-state index in [1.54, 1.807) is 0 Å². The van der Waals surface area contributed by atoms with Crippen LogP contribution in [0.4, 0.5) is 0 Å². The summed E-state index contributed by atoms with van der Waals surface area (Å²) in [4.78, 5) is 12.5. The second kappa shape index (κ2) is 9.38. The zero-order valence-corrected chi connectivity index (χ0v) is 13.9. The van der Waals surface area contributed by atoms with Gasteiger partial charge in [0.25, 0.3) is 0 Å². The third kappa shape index (κ3) is 5.93. The van der Waals surface area contributed by atoms with Crippen LogP contribution in [0.1, 0.15) is 47.0 Å². The third-order valence-corrected chi connectivity index (χ3v) is 3.51. The first-order valence-electron chi connectivity index (χ1n) is 8.17. The highest BCUT2D eigenvalue weighted by Crippen LogP contribution is 2.41. The van der Waals surface area contributed by atoms with Crippen molar-refractivity contribution >= 4 is 5.97 Å². The molecule has 1 fully saturated rings. The summed E-state index contributed by atoms with van der Waals surface area (Å²) >= 11 is 0. The molecule has 1 aliphatic carbocycles. The topological polar surface area (TPSA) is 56.8 Å². The van der Waals surface area contributed by atoms with Crippen molar-refractivity contribution in [2.45, 2.75) is 58.5 Å². The van der Waals surface area contributed by atoms with Gasteiger partial charge >= 0.3 is 5.97 Å². The molecule has 1 saturated carbocycles. The average molecular weight is 301 g/mol. The number of nitrogens with one attached hydrogen (secondary N) is 1. The molecule has 0 heterocycles. The SMILES string of the molecule is CCCOCCOCC(NC(C)C)(C(=O)OCC)C1CC1. The second-order valence-electron chi connectivity index (χ2n) is 5.93. The third-order valence-electron chi connectivity index (χ3n) is 3.51. The maximum atomic E-state index is 12.5. The average Bonchev–Trinajstić information content (AvgIpc) is 3.26. The standard InChI is InChI=1S/C16H31NO4/c1-5-9-19-10-11-20-12-16(14-7-8-14,17-13(3)4)15(18)21-6-2/h13-14,17H,5-12H2,1-4H3. The predicted octanol–water partition coefficient (Wildman–Crippen LogP) is 2.14. The van der Waals surface area contributed by atoms with Crippen molar-refractivity contribution < 1.29 is 19.0 Å². The minimum atomic E-state index is -0.699. The first-order chi connectivity index (χ1) is 10.1. The highest BCUT2D eigenvalue weighted by atomic mass is 16.5. The summed E-state index contributed by atoms with van der Waals surface area (Å²) in [6.45, 7) is 10.6. The number of hydrogen-bond acceptors (Lipinski definition) is 5. The highest BCUT2D eigenvalue weighted by molar-refractivity contribution is 5.82. The van der Waals surface area contributed by atoms with Crippen molar-refractivity contribution in [1.82, 2.24) is 5.32 Å². The molecule has 0 spiro atoms. The monoisotopic (exact) mass is 301 g/mol. The molecule has 124 valence electrons. The van der Waals surface area contributed by atoms with E-state index in [-0.39, 0.29) is 12.0 Å². The lowest BCUT2D eigenvalue weighted by molar-refractivity contribution is -0.156. The molecule has 0 aromatic rings. The van der Waals surface area contributed by atoms with Crippen LogP contribution in [0.15, 0.2) is 0 Å². The molecule has 0 aromatic heterocycles. The van der Waals surface area contributed by atoms with Crippen LogP contribution in [0.5, 0.6) is 0 Å². The van der Waals surface area contributed by atoms with Crippen LogP contribution in [0.2, 0.25) is 0 Å². The highest BCUT2D eigenvalue weighted by Gasteiger charge is 2.52. The Labute approximate surface area is 128 Å². The molecule has 1 unspecified atom stereocenters. The van der Waals surface area contributed by atoms with E-state index in [2.05, 4.69) is 12.2 Å². The van der Waals surface area contributed by atoms with Crippen molar-refractivity contribution in [2.75, 3.05) is 33.0 Å². The molecule has 5 heteroatoms. The predicted molar refractivity (Wildman–Crippen MR) is 82.3 cm³/mol. The molecular weight excluding hydrogens is 270 g/mol. The second-order valence-corrected chi connectivity index (χ2v) is 5.93. The minimum absolute atomic E-state index is 0.185. The van der Waals surface area contributed by atoms with Gasteiger partial charge in [0.1, 0.15) is 5.54 Å². The Morgan fingerprint density at radius 3 is 2.38 bits per heavy atom. The largest absolute Gasteiger partial charge is 0.465 e. The van der Waals surface area contributed by atoms with Gasteiger partial charge in [0.05, 0.1) is 26.4 Å². The van der Waals surface area contributed by atoms with E-state index in [4.69, 9.17) is 14.2 Å². The summed E-state index contributed by atoms with van der Waals surface area (Å²) < 4.78 is 16.4. The fourth-order valence-electron chi connectivity index (χ4n) is 2.51. The maximum absolute atomic E-state index is 12.5. The van der Waals surface area contributed by atoms with Crippen LogP contribution in [0.3, 0.4) is 0 Å². The Hall–Kier alpha value is -0.650. The number of rotatable bonds is 12. The fraction of sp³-hybridized carbons (Fsp3) is 0.938. The fourth-order valence-corrected chi connectivity index (χ4v) is 2.51. The number of ether oxygens (including phenoxy) is 3. The molecule has 0 aliphatic heterocycles. The smallest absolute Gasteiger partial charge is 0.329 e. The van der Waals surface area contributed by atoms with Gasteiger partial charge in [-0.15, -0.1) is 0 Å². The van der Waals surface area contributed by atoms with E-state index in [0.29, 0.717) is 32.3 Å². The number of carbonyl (C=O) groups is 1. The zero-order chi connectivity index (χ0) is 15.7. The van der Waals surface area contributed by atoms with Crippen LogP contribution >= 0.6 is 0 Å². The summed E-state index contributed by atoms with van der Waals surface area (Å²) in [7, 11) is 0. The first kappa shape index (κ1) is 18.4. The Morgan fingerprint density at radius 1 is 1.19 bits per heavy atom. The van der Waals surface area contributed by atoms with Crippen molar-refractivity contribution in [1.29, 1.82) is 0 Å². The van der Waals surface area contributed by atoms with Crippen molar-refractivity contribution in [3.63, 3.8) is 0 Å². The molecule has 1 rings (SSSR count). The van der Waals surface area contributed by atoms with Crippen LogP contribution in [-0.2, 0) is 19.0 Å². The van der Waals surface area contributed by atoms with Crippen LogP contribution in [0.25, 0.3) is 0 Å². The van der Waals surface area contributed by atoms with Gasteiger partial charge in [-0.05, 0) is 46.0 Å². The lowest BCUT2D eigenvalue weighted by Gasteiger charge is -2.34. The van der Waals surface area contributed by atoms with E-state index in [9.17, 15) is 4.79 Å². The molecule has 5 nitrogen and oxygen atoms in total. The Morgan fingerprint density at radius 2 is 1.86 bits per heavy atom. The quantitative estimate of drug-likeness (QED) is 0.442. The van der Waals surface area contributed by atoms with Gasteiger partial charge in [-0.3, -0.25) is 5.32 Å². The van der Waals surface area contributed by atoms with Crippen molar-refractivity contribution in [3.8, 4) is 0 Å². The molecule has 0 saturated heterocycles. The summed E-state index contributed by atoms with van der Waals surface area (Å²) in [6, 6.07) is 0.204. The number of esters is 1. The van der Waals surface area contributed by atoms with E-state index in [1.807, 2.05) is 20.8 Å². The van der Waals surface area contributed by atoms with E-state index in [1.165, 1.54) is 0 Å². The van der Waals surface area contributed by atoms with Gasteiger partial charge in [-0.1, -0.05) is 6.92 Å². The Kier molecular flexibility index (Phi) is 8.22. The summed E-state index contributed by atoms with van der Waals surface area (Å²) in [5.74, 6) is 0.131. The molecule has 0 radical (unpaired) electrons. The summed E-state index contributed by atoms with van der Waals surface area (Å²) in [6.07, 6.45) is 3.10. The van der Waals surface area contributed by atoms with E-state index in [0.717, 1.165) is 25.9 Å². The summed E-state index contributed by atoms with van der Waals surface area (Å²) in [5, 5.41) is 3.40. The molecule has 0 aromatic carbocycles. The van der Waals surface area contributed by atoms with Crippen molar-refractivity contribution in [3.05, 3.63) is 0 Å². The normalized spacial score (nSPS) is 17.8. The van der Waals surface area contributed by atoms with Crippen LogP contribution < -0.4 is 5.32 Å². The Balaban J connectivity index is 2.55. The zero-order valence-electron chi connectivity index (χ0n) is 13.9. The van der Waals surface area contributed by atoms with Gasteiger partial charge in [0.2, 0.25) is 0 Å². The molecule has 1 aliphatic rings. The van der Waals surface area contributed by atoms with Gasteiger partial charge in [-0.2, -0.15) is 0 Å². The minimum Gasteiger partial charge on any atom is -0.465 e. The van der Waals surface area contributed by atoms with Crippen molar-refractivity contribution in [2.24, 2.45) is 5.92 Å². The van der Waals surface area contributed by atoms with Gasteiger partial charge in [0.15, 0.2) is 0 Å². The maximum Gasteiger partial charge on any atom is 0.329 e. The molecule has 21 heavy (non-hydrogen) atoms.